The number of hydrogen-bond donors (Lipinski definition) is 1. The molecular weight excluding hydrogens is 598 g/mol. The van der Waals surface area contributed by atoms with E-state index in [1.807, 2.05) is 24.3 Å². The Morgan fingerprint density at radius 2 is 1.76 bits per heavy atom. The van der Waals surface area contributed by atoms with Crippen molar-refractivity contribution in [1.29, 1.82) is 0 Å². The number of Topliss-reactive ketones (excluding diaryl/α,β-unsaturated/α-hetero) is 1. The zero-order valence-electron chi connectivity index (χ0n) is 22.3. The van der Waals surface area contributed by atoms with E-state index in [9.17, 15) is 14.4 Å². The first-order chi connectivity index (χ1) is 17.5. The molecule has 11 heteroatoms. The normalized spacial score (nSPS) is 14.5. The smallest absolute Gasteiger partial charge is 0.435 e. The second-order valence-corrected chi connectivity index (χ2v) is 13.6. The molecule has 0 aliphatic carbocycles. The first-order valence-corrected chi connectivity index (χ1v) is 17.0. The topological polar surface area (TPSA) is 105 Å². The third-order valence-corrected chi connectivity index (χ3v) is 9.26. The number of benzene rings is 1. The van der Waals surface area contributed by atoms with E-state index in [0.29, 0.717) is 18.8 Å². The molecule has 0 saturated carbocycles. The van der Waals surface area contributed by atoms with Gasteiger partial charge in [-0.3, -0.25) is 9.59 Å². The molecule has 210 valence electrons. The Morgan fingerprint density at radius 1 is 1.08 bits per heavy atom. The molecule has 0 amide bonds. The molecule has 4 atom stereocenters. The quantitative estimate of drug-likeness (QED) is 0.109. The van der Waals surface area contributed by atoms with Gasteiger partial charge in [0.1, 0.15) is 5.78 Å². The van der Waals surface area contributed by atoms with Gasteiger partial charge in [-0.1, -0.05) is 63.5 Å². The van der Waals surface area contributed by atoms with Crippen LogP contribution in [0.2, 0.25) is 0 Å². The number of nitrogens with two attached hydrogens (primary N) is 1. The van der Waals surface area contributed by atoms with Crippen molar-refractivity contribution in [1.82, 2.24) is 0 Å². The summed E-state index contributed by atoms with van der Waals surface area (Å²) in [5.41, 5.74) is 7.10. The third-order valence-electron chi connectivity index (χ3n) is 5.19. The van der Waals surface area contributed by atoms with Gasteiger partial charge in [0.15, 0.2) is 0 Å². The summed E-state index contributed by atoms with van der Waals surface area (Å²) in [5.74, 6) is 0.794. The Hall–Kier alpha value is -0.880. The van der Waals surface area contributed by atoms with Crippen molar-refractivity contribution in [3.8, 4) is 0 Å². The van der Waals surface area contributed by atoms with Crippen molar-refractivity contribution in [3.05, 3.63) is 34.3 Å². The standard InChI is InChI=1S/C26H40BrNO6S3/c1-6-32-26(31)34-18(4)33-25(30)20(14-19-7-9-21(27)10-8-19)15-23(29)24(13-17(2)3)37-36-16-22(28)11-12-35-5/h7-10,17-18,20,22,24H,6,11-16,28H2,1-5H3. The van der Waals surface area contributed by atoms with Gasteiger partial charge in [-0.25, -0.2) is 4.79 Å². The van der Waals surface area contributed by atoms with Gasteiger partial charge in [0.05, 0.1) is 17.8 Å². The van der Waals surface area contributed by atoms with E-state index in [1.165, 1.54) is 6.92 Å². The molecule has 0 bridgehead atoms. The van der Waals surface area contributed by atoms with E-state index >= 15 is 0 Å². The van der Waals surface area contributed by atoms with Crippen LogP contribution in [0.15, 0.2) is 28.7 Å². The van der Waals surface area contributed by atoms with Crippen LogP contribution in [0.4, 0.5) is 4.79 Å². The lowest BCUT2D eigenvalue weighted by Gasteiger charge is -2.22. The minimum atomic E-state index is -1.13. The maximum Gasteiger partial charge on any atom is 0.511 e. The number of carbonyl (C=O) groups is 3. The summed E-state index contributed by atoms with van der Waals surface area (Å²) in [6.45, 7) is 7.41. The number of carbonyl (C=O) groups excluding carboxylic acids is 3. The molecule has 7 nitrogen and oxygen atoms in total. The van der Waals surface area contributed by atoms with Gasteiger partial charge in [-0.15, -0.1) is 0 Å². The van der Waals surface area contributed by atoms with E-state index in [4.69, 9.17) is 19.9 Å². The fourth-order valence-corrected chi connectivity index (χ4v) is 7.17. The van der Waals surface area contributed by atoms with Crippen LogP contribution in [0.3, 0.4) is 0 Å². The Bertz CT molecular complexity index is 827. The molecular formula is C26H40BrNO6S3. The molecule has 4 unspecified atom stereocenters. The highest BCUT2D eigenvalue weighted by Gasteiger charge is 2.30. The predicted molar refractivity (Wildman–Crippen MR) is 159 cm³/mol. The fourth-order valence-electron chi connectivity index (χ4n) is 3.30. The van der Waals surface area contributed by atoms with Gasteiger partial charge in [-0.05, 0) is 61.8 Å². The molecule has 0 radical (unpaired) electrons. The third kappa shape index (κ3) is 15.3. The minimum absolute atomic E-state index is 0.00177. The zero-order valence-corrected chi connectivity index (χ0v) is 26.3. The molecule has 0 spiro atoms. The van der Waals surface area contributed by atoms with Crippen LogP contribution in [-0.4, -0.2) is 59.9 Å². The summed E-state index contributed by atoms with van der Waals surface area (Å²) in [6.07, 6.45) is 2.02. The lowest BCUT2D eigenvalue weighted by atomic mass is 9.92. The second-order valence-electron chi connectivity index (χ2n) is 9.04. The van der Waals surface area contributed by atoms with E-state index in [-0.39, 0.29) is 30.1 Å². The minimum Gasteiger partial charge on any atom is -0.435 e. The van der Waals surface area contributed by atoms with Crippen molar-refractivity contribution in [2.75, 3.05) is 24.4 Å². The Labute approximate surface area is 242 Å². The van der Waals surface area contributed by atoms with Gasteiger partial charge in [0.25, 0.3) is 0 Å². The van der Waals surface area contributed by atoms with Crippen LogP contribution in [0.1, 0.15) is 52.5 Å². The number of rotatable bonds is 18. The Morgan fingerprint density at radius 3 is 2.35 bits per heavy atom. The van der Waals surface area contributed by atoms with Gasteiger partial charge in [0.2, 0.25) is 6.29 Å². The summed E-state index contributed by atoms with van der Waals surface area (Å²) >= 11 is 5.19. The summed E-state index contributed by atoms with van der Waals surface area (Å²) in [5, 5.41) is -0.258. The van der Waals surface area contributed by atoms with Crippen LogP contribution in [-0.2, 0) is 30.2 Å². The Balaban J connectivity index is 2.92. The summed E-state index contributed by atoms with van der Waals surface area (Å²) < 4.78 is 16.0. The molecule has 1 aromatic carbocycles. The number of ether oxygens (including phenoxy) is 3. The first kappa shape index (κ1) is 34.1. The van der Waals surface area contributed by atoms with Gasteiger partial charge in [0, 0.05) is 29.6 Å². The second kappa shape index (κ2) is 19.2. The SMILES string of the molecule is CCOC(=O)OC(C)OC(=O)C(CC(=O)C(CC(C)C)SSCC(N)CCSC)Cc1ccc(Br)cc1. The van der Waals surface area contributed by atoms with Crippen LogP contribution < -0.4 is 5.73 Å². The van der Waals surface area contributed by atoms with E-state index in [1.54, 1.807) is 40.3 Å². The first-order valence-electron chi connectivity index (χ1n) is 12.4. The van der Waals surface area contributed by atoms with Crippen LogP contribution in [0, 0.1) is 11.8 Å². The maximum atomic E-state index is 13.4. The van der Waals surface area contributed by atoms with E-state index in [0.717, 1.165) is 28.0 Å². The van der Waals surface area contributed by atoms with Gasteiger partial charge < -0.3 is 19.9 Å². The summed E-state index contributed by atoms with van der Waals surface area (Å²) in [7, 11) is 3.17. The number of thioether (sulfide) groups is 1. The largest absolute Gasteiger partial charge is 0.511 e. The molecule has 0 aliphatic heterocycles. The summed E-state index contributed by atoms with van der Waals surface area (Å²) in [4.78, 5) is 38.1. The number of esters is 1. The molecule has 0 heterocycles. The van der Waals surface area contributed by atoms with Crippen LogP contribution in [0.25, 0.3) is 0 Å². The molecule has 37 heavy (non-hydrogen) atoms. The van der Waals surface area contributed by atoms with Crippen LogP contribution in [0.5, 0.6) is 0 Å². The van der Waals surface area contributed by atoms with Crippen molar-refractivity contribution in [2.24, 2.45) is 17.6 Å². The highest BCUT2D eigenvalue weighted by atomic mass is 79.9. The van der Waals surface area contributed by atoms with Crippen molar-refractivity contribution >= 4 is 67.2 Å². The molecule has 2 N–H and O–H groups in total. The van der Waals surface area contributed by atoms with Crippen molar-refractivity contribution in [2.45, 2.75) is 71.0 Å². The zero-order chi connectivity index (χ0) is 27.8. The van der Waals surface area contributed by atoms with E-state index < -0.39 is 24.3 Å². The maximum absolute atomic E-state index is 13.4. The number of hydrogen-bond acceptors (Lipinski definition) is 10. The molecule has 0 aromatic heterocycles. The van der Waals surface area contributed by atoms with Gasteiger partial charge >= 0.3 is 12.1 Å². The highest BCUT2D eigenvalue weighted by Crippen LogP contribution is 2.34. The molecule has 0 saturated heterocycles. The predicted octanol–water partition coefficient (Wildman–Crippen LogP) is 6.51. The lowest BCUT2D eigenvalue weighted by molar-refractivity contribution is -0.173. The van der Waals surface area contributed by atoms with Crippen LogP contribution >= 0.6 is 49.3 Å². The average Bonchev–Trinajstić information content (AvgIpc) is 2.82. The lowest BCUT2D eigenvalue weighted by Crippen LogP contribution is -2.31. The van der Waals surface area contributed by atoms with Gasteiger partial charge in [-0.2, -0.15) is 11.8 Å². The monoisotopic (exact) mass is 637 g/mol. The van der Waals surface area contributed by atoms with Crippen molar-refractivity contribution < 1.29 is 28.6 Å². The Kier molecular flexibility index (Phi) is 17.7. The number of ketones is 1. The number of halogens is 1. The van der Waals surface area contributed by atoms with E-state index in [2.05, 4.69) is 36.0 Å². The summed E-state index contributed by atoms with van der Waals surface area (Å²) in [6, 6.07) is 7.67. The highest BCUT2D eigenvalue weighted by molar-refractivity contribution is 9.10. The molecule has 0 aliphatic rings. The molecule has 0 fully saturated rings. The molecule has 1 aromatic rings. The fraction of sp³-hybridized carbons (Fsp3) is 0.654. The van der Waals surface area contributed by atoms with Crippen molar-refractivity contribution in [3.63, 3.8) is 0 Å². The average molecular weight is 639 g/mol. The molecule has 1 rings (SSSR count).